The molecule has 0 radical (unpaired) electrons. The maximum atomic E-state index is 14.0. The summed E-state index contributed by atoms with van der Waals surface area (Å²) in [6.45, 7) is 0. The fourth-order valence-electron chi connectivity index (χ4n) is 1.81. The highest BCUT2D eigenvalue weighted by Crippen LogP contribution is 2.29. The van der Waals surface area contributed by atoms with Crippen LogP contribution in [0.4, 0.5) is 20.2 Å². The minimum absolute atomic E-state index is 0.0354. The third kappa shape index (κ3) is 2.71. The summed E-state index contributed by atoms with van der Waals surface area (Å²) in [6.07, 6.45) is 0. The summed E-state index contributed by atoms with van der Waals surface area (Å²) in [6, 6.07) is 11.2. The minimum atomic E-state index is -0.700. The zero-order chi connectivity index (χ0) is 14.0. The lowest BCUT2D eigenvalue weighted by Crippen LogP contribution is -2.16. The summed E-state index contributed by atoms with van der Waals surface area (Å²) in [7, 11) is 1.59. The van der Waals surface area contributed by atoms with E-state index in [4.69, 9.17) is 18.0 Å². The fourth-order valence-corrected chi connectivity index (χ4v) is 1.93. The molecule has 0 heterocycles. The van der Waals surface area contributed by atoms with Crippen molar-refractivity contribution < 1.29 is 8.78 Å². The molecule has 0 saturated heterocycles. The van der Waals surface area contributed by atoms with Crippen molar-refractivity contribution in [3.8, 4) is 0 Å². The molecule has 0 amide bonds. The summed E-state index contributed by atoms with van der Waals surface area (Å²) in [4.78, 5) is 1.40. The van der Waals surface area contributed by atoms with E-state index >= 15 is 0 Å². The highest BCUT2D eigenvalue weighted by atomic mass is 32.1. The van der Waals surface area contributed by atoms with Gasteiger partial charge in [0.05, 0.1) is 0 Å². The molecule has 2 aromatic carbocycles. The van der Waals surface area contributed by atoms with E-state index in [0.717, 1.165) is 12.1 Å². The summed E-state index contributed by atoms with van der Waals surface area (Å²) < 4.78 is 28.0. The van der Waals surface area contributed by atoms with Crippen LogP contribution in [0.3, 0.4) is 0 Å². The van der Waals surface area contributed by atoms with Gasteiger partial charge in [-0.05, 0) is 24.3 Å². The lowest BCUT2D eigenvalue weighted by molar-refractivity contribution is 0.583. The Balaban J connectivity index is 2.49. The third-order valence-electron chi connectivity index (χ3n) is 2.78. The molecule has 2 N–H and O–H groups in total. The Hall–Kier alpha value is -2.01. The monoisotopic (exact) mass is 278 g/mol. The molecular formula is C14H12F2N2S. The SMILES string of the molecule is CN(c1ccccc1)c1c(F)cc(C(N)=S)cc1F. The van der Waals surface area contributed by atoms with Crippen LogP contribution in [-0.2, 0) is 0 Å². The van der Waals surface area contributed by atoms with Crippen LogP contribution in [0, 0.1) is 11.6 Å². The Bertz CT molecular complexity index is 591. The van der Waals surface area contributed by atoms with Crippen molar-refractivity contribution in [3.63, 3.8) is 0 Å². The first-order chi connectivity index (χ1) is 9.00. The molecule has 0 fully saturated rings. The minimum Gasteiger partial charge on any atom is -0.389 e. The van der Waals surface area contributed by atoms with Gasteiger partial charge < -0.3 is 10.6 Å². The van der Waals surface area contributed by atoms with Crippen LogP contribution < -0.4 is 10.6 Å². The number of nitrogens with zero attached hydrogens (tertiary/aromatic N) is 1. The zero-order valence-corrected chi connectivity index (χ0v) is 11.0. The first-order valence-corrected chi connectivity index (χ1v) is 5.99. The zero-order valence-electron chi connectivity index (χ0n) is 10.2. The summed E-state index contributed by atoms with van der Waals surface area (Å²) in [5, 5.41) is 0. The first kappa shape index (κ1) is 13.4. The van der Waals surface area contributed by atoms with Gasteiger partial charge in [0, 0.05) is 18.3 Å². The number of halogens is 2. The topological polar surface area (TPSA) is 29.3 Å². The standard InChI is InChI=1S/C14H12F2N2S/c1-18(10-5-3-2-4-6-10)13-11(15)7-9(14(17)19)8-12(13)16/h2-8H,1H3,(H2,17,19). The Labute approximate surface area is 115 Å². The molecule has 5 heteroatoms. The van der Waals surface area contributed by atoms with Crippen LogP contribution in [0.1, 0.15) is 5.56 Å². The molecule has 0 atom stereocenters. The van der Waals surface area contributed by atoms with E-state index in [1.165, 1.54) is 4.90 Å². The Morgan fingerprint density at radius 3 is 2.11 bits per heavy atom. The first-order valence-electron chi connectivity index (χ1n) is 5.58. The van der Waals surface area contributed by atoms with E-state index in [1.54, 1.807) is 31.3 Å². The highest BCUT2D eigenvalue weighted by molar-refractivity contribution is 7.80. The molecule has 0 aromatic heterocycles. The number of anilines is 2. The van der Waals surface area contributed by atoms with Crippen molar-refractivity contribution >= 4 is 28.6 Å². The van der Waals surface area contributed by atoms with Crippen LogP contribution in [0.2, 0.25) is 0 Å². The smallest absolute Gasteiger partial charge is 0.150 e. The molecule has 98 valence electrons. The predicted octanol–water partition coefficient (Wildman–Crippen LogP) is 3.37. The third-order valence-corrected chi connectivity index (χ3v) is 3.02. The highest BCUT2D eigenvalue weighted by Gasteiger charge is 2.17. The maximum absolute atomic E-state index is 14.0. The van der Waals surface area contributed by atoms with Crippen LogP contribution in [0.25, 0.3) is 0 Å². The van der Waals surface area contributed by atoms with Gasteiger partial charge in [0.2, 0.25) is 0 Å². The number of hydrogen-bond acceptors (Lipinski definition) is 2. The van der Waals surface area contributed by atoms with Gasteiger partial charge in [0.1, 0.15) is 10.7 Å². The number of rotatable bonds is 3. The van der Waals surface area contributed by atoms with Crippen molar-refractivity contribution in [3.05, 3.63) is 59.7 Å². The van der Waals surface area contributed by atoms with E-state index in [0.29, 0.717) is 5.69 Å². The molecule has 0 bridgehead atoms. The average molecular weight is 278 g/mol. The number of hydrogen-bond donors (Lipinski definition) is 1. The van der Waals surface area contributed by atoms with E-state index in [-0.39, 0.29) is 16.2 Å². The van der Waals surface area contributed by atoms with Crippen molar-refractivity contribution in [2.24, 2.45) is 5.73 Å². The number of benzene rings is 2. The molecule has 19 heavy (non-hydrogen) atoms. The van der Waals surface area contributed by atoms with E-state index in [1.807, 2.05) is 6.07 Å². The average Bonchev–Trinajstić information content (AvgIpc) is 2.38. The lowest BCUT2D eigenvalue weighted by Gasteiger charge is -2.21. The van der Waals surface area contributed by atoms with Crippen LogP contribution in [0.5, 0.6) is 0 Å². The second kappa shape index (κ2) is 5.32. The van der Waals surface area contributed by atoms with Crippen molar-refractivity contribution in [1.82, 2.24) is 0 Å². The normalized spacial score (nSPS) is 10.3. The van der Waals surface area contributed by atoms with Gasteiger partial charge in [-0.2, -0.15) is 0 Å². The Morgan fingerprint density at radius 2 is 1.63 bits per heavy atom. The molecule has 2 nitrogen and oxygen atoms in total. The van der Waals surface area contributed by atoms with E-state index in [2.05, 4.69) is 0 Å². The second-order valence-electron chi connectivity index (χ2n) is 4.05. The van der Waals surface area contributed by atoms with Gasteiger partial charge in [-0.3, -0.25) is 0 Å². The number of para-hydroxylation sites is 1. The van der Waals surface area contributed by atoms with Gasteiger partial charge in [-0.15, -0.1) is 0 Å². The van der Waals surface area contributed by atoms with Gasteiger partial charge in [0.15, 0.2) is 11.6 Å². The fraction of sp³-hybridized carbons (Fsp3) is 0.0714. The molecule has 0 spiro atoms. The molecular weight excluding hydrogens is 266 g/mol. The van der Waals surface area contributed by atoms with Crippen molar-refractivity contribution in [2.75, 3.05) is 11.9 Å². The molecule has 2 aromatic rings. The summed E-state index contributed by atoms with van der Waals surface area (Å²) >= 11 is 4.71. The van der Waals surface area contributed by atoms with Crippen molar-refractivity contribution in [2.45, 2.75) is 0 Å². The van der Waals surface area contributed by atoms with Crippen molar-refractivity contribution in [1.29, 1.82) is 0 Å². The van der Waals surface area contributed by atoms with Crippen LogP contribution in [-0.4, -0.2) is 12.0 Å². The van der Waals surface area contributed by atoms with E-state index < -0.39 is 11.6 Å². The molecule has 0 aliphatic carbocycles. The molecule has 0 saturated carbocycles. The predicted molar refractivity (Wildman–Crippen MR) is 76.8 cm³/mol. The largest absolute Gasteiger partial charge is 0.389 e. The summed E-state index contributed by atoms with van der Waals surface area (Å²) in [5.74, 6) is -1.40. The van der Waals surface area contributed by atoms with E-state index in [9.17, 15) is 8.78 Å². The van der Waals surface area contributed by atoms with Gasteiger partial charge in [0.25, 0.3) is 0 Å². The second-order valence-corrected chi connectivity index (χ2v) is 4.49. The van der Waals surface area contributed by atoms with Crippen LogP contribution in [0.15, 0.2) is 42.5 Å². The molecule has 0 aliphatic heterocycles. The summed E-state index contributed by atoms with van der Waals surface area (Å²) in [5.41, 5.74) is 6.10. The quantitative estimate of drug-likeness (QED) is 0.873. The number of thiocarbonyl (C=S) groups is 1. The van der Waals surface area contributed by atoms with Gasteiger partial charge in [-0.25, -0.2) is 8.78 Å². The van der Waals surface area contributed by atoms with Gasteiger partial charge >= 0.3 is 0 Å². The molecule has 0 aliphatic rings. The maximum Gasteiger partial charge on any atom is 0.150 e. The molecule has 0 unspecified atom stereocenters. The Kier molecular flexibility index (Phi) is 3.76. The van der Waals surface area contributed by atoms with Gasteiger partial charge in [-0.1, -0.05) is 30.4 Å². The molecule has 2 rings (SSSR count). The number of nitrogens with two attached hydrogens (primary N) is 1. The van der Waals surface area contributed by atoms with Crippen LogP contribution >= 0.6 is 12.2 Å². The lowest BCUT2D eigenvalue weighted by atomic mass is 10.1. The Morgan fingerprint density at radius 1 is 1.11 bits per heavy atom.